The predicted molar refractivity (Wildman–Crippen MR) is 165 cm³/mol. The van der Waals surface area contributed by atoms with E-state index in [2.05, 4.69) is 57.0 Å². The highest BCUT2D eigenvalue weighted by Gasteiger charge is 2.49. The van der Waals surface area contributed by atoms with E-state index in [4.69, 9.17) is 14.3 Å². The van der Waals surface area contributed by atoms with Gasteiger partial charge in [-0.15, -0.1) is 10.2 Å². The highest BCUT2D eigenvalue weighted by molar-refractivity contribution is 9.10. The third-order valence-electron chi connectivity index (χ3n) is 8.27. The van der Waals surface area contributed by atoms with Crippen molar-refractivity contribution in [3.63, 3.8) is 0 Å². The summed E-state index contributed by atoms with van der Waals surface area (Å²) < 4.78 is 13.3. The number of aromatic hydroxyl groups is 1. The SMILES string of the molecule is COc1ccc(/C(C)=N/OCC(=O)N=Nc2c(O)n(CN3CC4(C)CC3CC(C)(C)C4)c3ccc(Br)cc23)cc1OC. The van der Waals surface area contributed by atoms with Crippen LogP contribution in [0, 0.1) is 10.8 Å². The number of rotatable bonds is 9. The number of hydrogen-bond donors (Lipinski definition) is 1. The molecule has 1 aliphatic carbocycles. The number of aromatic nitrogens is 1. The van der Waals surface area contributed by atoms with Gasteiger partial charge in [0.1, 0.15) is 0 Å². The van der Waals surface area contributed by atoms with E-state index in [-0.39, 0.29) is 17.0 Å². The number of carbonyl (C=O) groups is 1. The Balaban J connectivity index is 1.31. The van der Waals surface area contributed by atoms with E-state index in [0.29, 0.717) is 40.7 Å². The van der Waals surface area contributed by atoms with E-state index in [1.54, 1.807) is 33.3 Å². The first-order valence-electron chi connectivity index (χ1n) is 14.0. The Kier molecular flexibility index (Phi) is 8.35. The Morgan fingerprint density at radius 2 is 1.86 bits per heavy atom. The smallest absolute Gasteiger partial charge is 0.304 e. The lowest BCUT2D eigenvalue weighted by Crippen LogP contribution is -2.35. The summed E-state index contributed by atoms with van der Waals surface area (Å²) in [6.07, 6.45) is 3.49. The second kappa shape index (κ2) is 11.7. The fourth-order valence-electron chi connectivity index (χ4n) is 6.89. The zero-order chi connectivity index (χ0) is 30.2. The number of hydrogen-bond acceptors (Lipinski definition) is 8. The van der Waals surface area contributed by atoms with Crippen LogP contribution in [0.25, 0.3) is 10.9 Å². The van der Waals surface area contributed by atoms with E-state index in [0.717, 1.165) is 34.9 Å². The number of azo groups is 1. The molecule has 2 fully saturated rings. The Hall–Kier alpha value is -3.44. The second-order valence-electron chi connectivity index (χ2n) is 12.5. The summed E-state index contributed by atoms with van der Waals surface area (Å²) in [6, 6.07) is 11.6. The zero-order valence-electron chi connectivity index (χ0n) is 25.0. The van der Waals surface area contributed by atoms with Crippen LogP contribution >= 0.6 is 15.9 Å². The number of carbonyl (C=O) groups excluding carboxylic acids is 1. The Morgan fingerprint density at radius 3 is 2.60 bits per heavy atom. The third kappa shape index (κ3) is 6.17. The molecule has 1 aromatic heterocycles. The molecule has 10 nitrogen and oxygen atoms in total. The molecule has 2 heterocycles. The summed E-state index contributed by atoms with van der Waals surface area (Å²) in [5.74, 6) is 0.515. The number of ether oxygens (including phenoxy) is 2. The molecule has 2 unspecified atom stereocenters. The van der Waals surface area contributed by atoms with Crippen LogP contribution in [0.15, 0.2) is 56.3 Å². The number of amides is 1. The minimum atomic E-state index is -0.627. The van der Waals surface area contributed by atoms with Gasteiger partial charge < -0.3 is 19.4 Å². The lowest BCUT2D eigenvalue weighted by molar-refractivity contribution is -0.122. The van der Waals surface area contributed by atoms with Gasteiger partial charge in [-0.1, -0.05) is 41.9 Å². The van der Waals surface area contributed by atoms with Gasteiger partial charge in [-0.05, 0) is 73.4 Å². The normalized spacial score (nSPS) is 22.2. The quantitative estimate of drug-likeness (QED) is 0.153. The zero-order valence-corrected chi connectivity index (χ0v) is 26.6. The van der Waals surface area contributed by atoms with Gasteiger partial charge >= 0.3 is 5.91 Å². The number of oxime groups is 1. The lowest BCUT2D eigenvalue weighted by atomic mass is 9.65. The predicted octanol–water partition coefficient (Wildman–Crippen LogP) is 7.04. The van der Waals surface area contributed by atoms with Gasteiger partial charge in [0, 0.05) is 28.0 Å². The fourth-order valence-corrected chi connectivity index (χ4v) is 7.26. The molecular weight excluding hydrogens is 602 g/mol. The molecule has 2 atom stereocenters. The first-order chi connectivity index (χ1) is 19.9. The first-order valence-corrected chi connectivity index (χ1v) is 14.8. The van der Waals surface area contributed by atoms with Gasteiger partial charge in [-0.25, -0.2) is 0 Å². The fraction of sp³-hybridized carbons (Fsp3) is 0.484. The van der Waals surface area contributed by atoms with Gasteiger partial charge in [-0.2, -0.15) is 0 Å². The van der Waals surface area contributed by atoms with Crippen LogP contribution < -0.4 is 9.47 Å². The van der Waals surface area contributed by atoms with Crippen LogP contribution in [0.1, 0.15) is 52.5 Å². The molecule has 1 aliphatic heterocycles. The van der Waals surface area contributed by atoms with Gasteiger partial charge in [0.15, 0.2) is 23.8 Å². The molecule has 2 aliphatic rings. The minimum absolute atomic E-state index is 0.0197. The highest BCUT2D eigenvalue weighted by Crippen LogP contribution is 2.53. The third-order valence-corrected chi connectivity index (χ3v) is 8.76. The van der Waals surface area contributed by atoms with Crippen LogP contribution in [0.4, 0.5) is 5.69 Å². The Morgan fingerprint density at radius 1 is 1.10 bits per heavy atom. The van der Waals surface area contributed by atoms with Crippen molar-refractivity contribution >= 4 is 44.1 Å². The topological polar surface area (TPSA) is 110 Å². The molecule has 0 spiro atoms. The summed E-state index contributed by atoms with van der Waals surface area (Å²) in [6.45, 7) is 9.95. The number of benzene rings is 2. The highest BCUT2D eigenvalue weighted by atomic mass is 79.9. The van der Waals surface area contributed by atoms with Gasteiger partial charge in [0.25, 0.3) is 0 Å². The van der Waals surface area contributed by atoms with Crippen LogP contribution in [0.5, 0.6) is 17.4 Å². The second-order valence-corrected chi connectivity index (χ2v) is 13.4. The van der Waals surface area contributed by atoms with Crippen molar-refractivity contribution in [2.45, 2.75) is 59.7 Å². The van der Waals surface area contributed by atoms with E-state index in [1.807, 2.05) is 28.8 Å². The number of nitrogens with zero attached hydrogens (tertiary/aromatic N) is 5. The van der Waals surface area contributed by atoms with E-state index >= 15 is 0 Å². The molecule has 0 radical (unpaired) electrons. The molecule has 1 saturated carbocycles. The molecule has 224 valence electrons. The van der Waals surface area contributed by atoms with Crippen LogP contribution in [0.2, 0.25) is 0 Å². The van der Waals surface area contributed by atoms with Crippen LogP contribution in [0.3, 0.4) is 0 Å². The summed E-state index contributed by atoms with van der Waals surface area (Å²) in [5.41, 5.74) is 2.94. The summed E-state index contributed by atoms with van der Waals surface area (Å²) in [5, 5.41) is 24.1. The lowest BCUT2D eigenvalue weighted by Gasteiger charge is -2.40. The molecule has 2 bridgehead atoms. The molecule has 1 saturated heterocycles. The van der Waals surface area contributed by atoms with Crippen molar-refractivity contribution in [3.8, 4) is 17.4 Å². The molecular formula is C31H38BrN5O5. The molecule has 3 aromatic rings. The van der Waals surface area contributed by atoms with Crippen molar-refractivity contribution in [2.24, 2.45) is 26.2 Å². The van der Waals surface area contributed by atoms with Crippen molar-refractivity contribution in [2.75, 3.05) is 27.4 Å². The molecule has 1 amide bonds. The Bertz CT molecular complexity index is 1560. The summed E-state index contributed by atoms with van der Waals surface area (Å²) in [4.78, 5) is 20.3. The summed E-state index contributed by atoms with van der Waals surface area (Å²) in [7, 11) is 3.12. The molecule has 42 heavy (non-hydrogen) atoms. The molecule has 1 N–H and O–H groups in total. The maximum Gasteiger partial charge on any atom is 0.304 e. The van der Waals surface area contributed by atoms with Crippen molar-refractivity contribution in [1.82, 2.24) is 9.47 Å². The van der Waals surface area contributed by atoms with E-state index in [1.165, 1.54) is 6.42 Å². The van der Waals surface area contributed by atoms with Gasteiger partial charge in [0.2, 0.25) is 5.88 Å². The van der Waals surface area contributed by atoms with E-state index < -0.39 is 12.5 Å². The van der Waals surface area contributed by atoms with Gasteiger partial charge in [0.05, 0.1) is 32.1 Å². The average molecular weight is 641 g/mol. The maximum absolute atomic E-state index is 12.5. The Labute approximate surface area is 254 Å². The van der Waals surface area contributed by atoms with Crippen molar-refractivity contribution < 1.29 is 24.2 Å². The number of methoxy groups -OCH3 is 2. The number of likely N-dealkylation sites (tertiary alicyclic amines) is 1. The molecule has 11 heteroatoms. The molecule has 2 aromatic carbocycles. The minimum Gasteiger partial charge on any atom is -0.493 e. The van der Waals surface area contributed by atoms with Crippen LogP contribution in [-0.4, -0.2) is 59.6 Å². The first kappa shape index (κ1) is 30.0. The maximum atomic E-state index is 12.5. The largest absolute Gasteiger partial charge is 0.493 e. The summed E-state index contributed by atoms with van der Waals surface area (Å²) >= 11 is 3.52. The average Bonchev–Trinajstić information content (AvgIpc) is 3.33. The van der Waals surface area contributed by atoms with Gasteiger partial charge in [-0.3, -0.25) is 14.3 Å². The number of halogens is 1. The number of fused-ring (bicyclic) bond motifs is 3. The van der Waals surface area contributed by atoms with E-state index in [9.17, 15) is 9.90 Å². The monoisotopic (exact) mass is 639 g/mol. The standard InChI is InChI=1S/C31H38BrN5O5/c1-19(20-7-10-25(40-5)26(11-20)41-6)35-42-15-27(38)33-34-28-23-12-21(32)8-9-24(23)37(29(28)39)18-36-17-31(4)14-22(36)13-30(2,3)16-31/h7-12,22,39H,13-18H2,1-6H3/b34-33?,35-19+. The van der Waals surface area contributed by atoms with Crippen LogP contribution in [-0.2, 0) is 16.3 Å². The molecule has 5 rings (SSSR count). The van der Waals surface area contributed by atoms with Crippen molar-refractivity contribution in [3.05, 3.63) is 46.4 Å². The van der Waals surface area contributed by atoms with Crippen molar-refractivity contribution in [1.29, 1.82) is 0 Å².